The molecule has 1 aliphatic rings. The van der Waals surface area contributed by atoms with Crippen LogP contribution in [0.2, 0.25) is 10.0 Å². The number of halogens is 3. The van der Waals surface area contributed by atoms with Gasteiger partial charge in [-0.1, -0.05) is 40.9 Å². The Morgan fingerprint density at radius 2 is 1.86 bits per heavy atom. The van der Waals surface area contributed by atoms with Crippen LogP contribution in [0.1, 0.15) is 12.8 Å². The third-order valence-electron chi connectivity index (χ3n) is 3.33. The molecule has 1 aromatic rings. The molecule has 0 aliphatic heterocycles. The van der Waals surface area contributed by atoms with Crippen molar-refractivity contribution in [1.82, 2.24) is 0 Å². The van der Waals surface area contributed by atoms with Crippen molar-refractivity contribution < 1.29 is 14.7 Å². The summed E-state index contributed by atoms with van der Waals surface area (Å²) < 4.78 is 0. The number of benzene rings is 1. The summed E-state index contributed by atoms with van der Waals surface area (Å²) in [5.41, 5.74) is 0.462. The van der Waals surface area contributed by atoms with Crippen LogP contribution < -0.4 is 5.32 Å². The molecule has 0 aromatic heterocycles. The molecule has 21 heavy (non-hydrogen) atoms. The lowest BCUT2D eigenvalue weighted by molar-refractivity contribution is -0.146. The molecule has 0 bridgehead atoms. The molecular formula is C14H12Cl3NO3. The number of allylic oxidation sites excluding steroid dienone is 2. The van der Waals surface area contributed by atoms with Crippen molar-refractivity contribution >= 4 is 52.4 Å². The van der Waals surface area contributed by atoms with Crippen LogP contribution in [0, 0.1) is 11.8 Å². The van der Waals surface area contributed by atoms with E-state index in [2.05, 4.69) is 5.32 Å². The van der Waals surface area contributed by atoms with Gasteiger partial charge in [-0.15, -0.1) is 0 Å². The van der Waals surface area contributed by atoms with E-state index in [1.807, 2.05) is 0 Å². The summed E-state index contributed by atoms with van der Waals surface area (Å²) in [7, 11) is 0. The molecule has 7 heteroatoms. The Balaban J connectivity index is 2.16. The number of carboxylic acids is 1. The monoisotopic (exact) mass is 347 g/mol. The molecule has 2 rings (SSSR count). The molecule has 1 aromatic carbocycles. The number of anilines is 1. The minimum Gasteiger partial charge on any atom is -0.481 e. The van der Waals surface area contributed by atoms with Crippen LogP contribution in [-0.2, 0) is 9.59 Å². The highest BCUT2D eigenvalue weighted by atomic mass is 35.5. The van der Waals surface area contributed by atoms with Gasteiger partial charge < -0.3 is 10.4 Å². The van der Waals surface area contributed by atoms with Gasteiger partial charge in [0.15, 0.2) is 0 Å². The quantitative estimate of drug-likeness (QED) is 0.861. The lowest BCUT2D eigenvalue weighted by Crippen LogP contribution is -2.35. The second-order valence-electron chi connectivity index (χ2n) is 4.76. The number of rotatable bonds is 3. The summed E-state index contributed by atoms with van der Waals surface area (Å²) in [6.45, 7) is 0. The topological polar surface area (TPSA) is 66.4 Å². The van der Waals surface area contributed by atoms with E-state index >= 15 is 0 Å². The largest absolute Gasteiger partial charge is 0.481 e. The van der Waals surface area contributed by atoms with Gasteiger partial charge in [-0.25, -0.2) is 0 Å². The van der Waals surface area contributed by atoms with Gasteiger partial charge in [-0.2, -0.15) is 0 Å². The highest BCUT2D eigenvalue weighted by Crippen LogP contribution is 2.33. The predicted molar refractivity (Wildman–Crippen MR) is 82.9 cm³/mol. The van der Waals surface area contributed by atoms with Crippen LogP contribution >= 0.6 is 34.8 Å². The zero-order valence-electron chi connectivity index (χ0n) is 10.8. The first kappa shape index (κ1) is 16.1. The van der Waals surface area contributed by atoms with Crippen LogP contribution in [0.5, 0.6) is 0 Å². The number of carbonyl (C=O) groups is 2. The van der Waals surface area contributed by atoms with Crippen molar-refractivity contribution in [2.45, 2.75) is 12.8 Å². The van der Waals surface area contributed by atoms with E-state index in [1.165, 1.54) is 6.07 Å². The maximum Gasteiger partial charge on any atom is 0.307 e. The van der Waals surface area contributed by atoms with E-state index in [-0.39, 0.29) is 12.8 Å². The normalized spacial score (nSPS) is 21.6. The SMILES string of the molecule is O=C(O)[C@H]1CC=C(Cl)C[C@@H]1C(=O)Nc1ccc(Cl)c(Cl)c1. The number of hydrogen-bond acceptors (Lipinski definition) is 2. The summed E-state index contributed by atoms with van der Waals surface area (Å²) >= 11 is 17.6. The Kier molecular flexibility index (Phi) is 5.14. The molecule has 1 aliphatic carbocycles. The van der Waals surface area contributed by atoms with Crippen molar-refractivity contribution in [3.63, 3.8) is 0 Å². The molecule has 4 nitrogen and oxygen atoms in total. The van der Waals surface area contributed by atoms with Gasteiger partial charge >= 0.3 is 5.97 Å². The maximum absolute atomic E-state index is 12.3. The predicted octanol–water partition coefficient (Wildman–Crippen LogP) is 4.17. The minimum atomic E-state index is -1.01. The molecule has 0 saturated heterocycles. The number of carboxylic acid groups (broad SMARTS) is 1. The summed E-state index contributed by atoms with van der Waals surface area (Å²) in [5, 5.41) is 13.0. The van der Waals surface area contributed by atoms with E-state index in [9.17, 15) is 14.7 Å². The zero-order chi connectivity index (χ0) is 15.6. The Morgan fingerprint density at radius 1 is 1.14 bits per heavy atom. The summed E-state index contributed by atoms with van der Waals surface area (Å²) in [4.78, 5) is 23.5. The van der Waals surface area contributed by atoms with Crippen molar-refractivity contribution in [3.05, 3.63) is 39.4 Å². The van der Waals surface area contributed by atoms with Crippen LogP contribution in [0.3, 0.4) is 0 Å². The molecule has 1 amide bonds. The highest BCUT2D eigenvalue weighted by Gasteiger charge is 2.36. The number of aliphatic carboxylic acids is 1. The molecule has 0 spiro atoms. The summed E-state index contributed by atoms with van der Waals surface area (Å²) in [6, 6.07) is 4.67. The third kappa shape index (κ3) is 3.90. The molecule has 0 saturated carbocycles. The van der Waals surface area contributed by atoms with E-state index in [0.717, 1.165) is 0 Å². The highest BCUT2D eigenvalue weighted by molar-refractivity contribution is 6.42. The van der Waals surface area contributed by atoms with Crippen molar-refractivity contribution in [2.75, 3.05) is 5.32 Å². The molecular weight excluding hydrogens is 337 g/mol. The van der Waals surface area contributed by atoms with Gasteiger partial charge in [0, 0.05) is 10.7 Å². The van der Waals surface area contributed by atoms with E-state index in [0.29, 0.717) is 20.8 Å². The van der Waals surface area contributed by atoms with Gasteiger partial charge in [0.25, 0.3) is 0 Å². The average Bonchev–Trinajstić information content (AvgIpc) is 2.42. The van der Waals surface area contributed by atoms with Gasteiger partial charge in [-0.3, -0.25) is 9.59 Å². The van der Waals surface area contributed by atoms with E-state index in [4.69, 9.17) is 34.8 Å². The van der Waals surface area contributed by atoms with Crippen molar-refractivity contribution in [2.24, 2.45) is 11.8 Å². The third-order valence-corrected chi connectivity index (χ3v) is 4.38. The number of hydrogen-bond donors (Lipinski definition) is 2. The van der Waals surface area contributed by atoms with Gasteiger partial charge in [0.1, 0.15) is 0 Å². The van der Waals surface area contributed by atoms with E-state index in [1.54, 1.807) is 18.2 Å². The van der Waals surface area contributed by atoms with Crippen LogP contribution in [0.15, 0.2) is 29.3 Å². The molecule has 112 valence electrons. The first-order valence-corrected chi connectivity index (χ1v) is 7.35. The second-order valence-corrected chi connectivity index (χ2v) is 6.06. The summed E-state index contributed by atoms with van der Waals surface area (Å²) in [5.74, 6) is -2.90. The number of nitrogens with one attached hydrogen (secondary N) is 1. The Bertz CT molecular complexity index is 615. The fourth-order valence-corrected chi connectivity index (χ4v) is 2.77. The first-order chi connectivity index (χ1) is 9.88. The summed E-state index contributed by atoms with van der Waals surface area (Å²) in [6.07, 6.45) is 2.10. The number of carbonyl (C=O) groups excluding carboxylic acids is 1. The van der Waals surface area contributed by atoms with Gasteiger partial charge in [0.2, 0.25) is 5.91 Å². The fraction of sp³-hybridized carbons (Fsp3) is 0.286. The smallest absolute Gasteiger partial charge is 0.307 e. The van der Waals surface area contributed by atoms with E-state index < -0.39 is 23.7 Å². The second kappa shape index (κ2) is 6.69. The Labute approximate surface area is 136 Å². The van der Waals surface area contributed by atoms with Crippen LogP contribution in [0.25, 0.3) is 0 Å². The van der Waals surface area contributed by atoms with Crippen LogP contribution in [-0.4, -0.2) is 17.0 Å². The van der Waals surface area contributed by atoms with Crippen molar-refractivity contribution in [3.8, 4) is 0 Å². The minimum absolute atomic E-state index is 0.214. The maximum atomic E-state index is 12.3. The Hall–Kier alpha value is -1.23. The van der Waals surface area contributed by atoms with Gasteiger partial charge in [0.05, 0.1) is 21.9 Å². The molecule has 0 fully saturated rings. The number of amides is 1. The first-order valence-electron chi connectivity index (χ1n) is 6.21. The lowest BCUT2D eigenvalue weighted by Gasteiger charge is -2.25. The lowest BCUT2D eigenvalue weighted by atomic mass is 9.82. The van der Waals surface area contributed by atoms with Gasteiger partial charge in [-0.05, 0) is 31.0 Å². The Morgan fingerprint density at radius 3 is 2.48 bits per heavy atom. The molecule has 2 atom stereocenters. The molecule has 2 N–H and O–H groups in total. The zero-order valence-corrected chi connectivity index (χ0v) is 13.0. The molecule has 0 heterocycles. The van der Waals surface area contributed by atoms with Crippen molar-refractivity contribution in [1.29, 1.82) is 0 Å². The standard InChI is InChI=1S/C14H12Cl3NO3/c15-7-1-3-9(14(20)21)10(5-7)13(19)18-8-2-4-11(16)12(17)6-8/h1-2,4,6,9-10H,3,5H2,(H,18,19)(H,20,21)/t9-,10-/m0/s1. The molecule has 0 radical (unpaired) electrons. The van der Waals surface area contributed by atoms with Crippen LogP contribution in [0.4, 0.5) is 5.69 Å². The molecule has 0 unspecified atom stereocenters. The average molecular weight is 349 g/mol. The fourth-order valence-electron chi connectivity index (χ4n) is 2.21.